The van der Waals surface area contributed by atoms with Crippen molar-refractivity contribution in [3.8, 4) is 45.5 Å². The van der Waals surface area contributed by atoms with Gasteiger partial charge in [-0.3, -0.25) is 28.9 Å². The van der Waals surface area contributed by atoms with Crippen molar-refractivity contribution in [2.45, 2.75) is 24.9 Å². The van der Waals surface area contributed by atoms with Crippen LogP contribution < -0.4 is 30.0 Å². The van der Waals surface area contributed by atoms with E-state index in [-0.39, 0.29) is 61.3 Å². The number of nitrogens with one attached hydrogen (secondary N) is 1. The summed E-state index contributed by atoms with van der Waals surface area (Å²) in [4.78, 5) is 38.9. The van der Waals surface area contributed by atoms with Crippen LogP contribution in [0, 0.1) is 0 Å². The van der Waals surface area contributed by atoms with Gasteiger partial charge in [0, 0.05) is 37.4 Å². The summed E-state index contributed by atoms with van der Waals surface area (Å²) in [6.45, 7) is 0. The number of alkyl halides is 12. The number of amides is 1. The van der Waals surface area contributed by atoms with Crippen molar-refractivity contribution in [3.05, 3.63) is 91.9 Å². The predicted octanol–water partition coefficient (Wildman–Crippen LogP) is 11.4. The van der Waals surface area contributed by atoms with Crippen LogP contribution in [0.15, 0.2) is 49.1 Å². The molecule has 364 valence electrons. The summed E-state index contributed by atoms with van der Waals surface area (Å²) in [6, 6.07) is 4.85. The van der Waals surface area contributed by atoms with E-state index >= 15 is 0 Å². The second-order valence-electron chi connectivity index (χ2n) is 12.6. The lowest BCUT2D eigenvalue weighted by molar-refractivity contribution is -0.287. The Kier molecular flexibility index (Phi) is 16.2. The van der Waals surface area contributed by atoms with Crippen LogP contribution in [0.1, 0.15) is 32.4 Å². The molecule has 1 amide bonds. The molecule has 0 unspecified atom stereocenters. The van der Waals surface area contributed by atoms with Crippen LogP contribution in [0.2, 0.25) is 20.1 Å². The van der Waals surface area contributed by atoms with E-state index in [9.17, 15) is 53.5 Å². The Morgan fingerprint density at radius 2 is 1.03 bits per heavy atom. The Morgan fingerprint density at radius 3 is 1.37 bits per heavy atom. The molecule has 2 aromatic carbocycles. The molecule has 0 fully saturated rings. The minimum Gasteiger partial charge on any atom is -0.395 e. The molecule has 68 heavy (non-hydrogen) atoms. The molecule has 2 aliphatic heterocycles. The van der Waals surface area contributed by atoms with Crippen LogP contribution in [0.4, 0.5) is 55.5 Å². The number of halogens is 17. The molecule has 0 saturated carbocycles. The van der Waals surface area contributed by atoms with Gasteiger partial charge in [-0.1, -0.05) is 46.4 Å². The molecule has 6 aromatic rings. The normalized spacial score (nSPS) is 13.9. The number of anilines is 2. The van der Waals surface area contributed by atoms with E-state index in [1.165, 1.54) is 30.6 Å². The van der Waals surface area contributed by atoms with Crippen LogP contribution in [0.3, 0.4) is 0 Å². The fraction of sp³-hybridized carbons (Fsp3) is 0.200. The van der Waals surface area contributed by atoms with Gasteiger partial charge in [0.15, 0.2) is 40.2 Å². The maximum absolute atomic E-state index is 13.2. The molecule has 33 heteroatoms. The first-order valence-electron chi connectivity index (χ1n) is 17.3. The monoisotopic (exact) mass is 1110 g/mol. The predicted molar refractivity (Wildman–Crippen MR) is 223 cm³/mol. The van der Waals surface area contributed by atoms with Crippen LogP contribution in [0.5, 0.6) is 23.0 Å². The van der Waals surface area contributed by atoms with Gasteiger partial charge in [0.05, 0.1) is 51.6 Å². The maximum atomic E-state index is 13.2. The Hall–Kier alpha value is -5.51. The summed E-state index contributed by atoms with van der Waals surface area (Å²) in [5.74, 6) is -1.65. The highest BCUT2D eigenvalue weighted by Gasteiger charge is 2.45. The quantitative estimate of drug-likeness (QED) is 0.0941. The molecule has 2 aliphatic rings. The van der Waals surface area contributed by atoms with Gasteiger partial charge in [0.1, 0.15) is 27.3 Å². The van der Waals surface area contributed by atoms with Crippen LogP contribution >= 0.6 is 81.2 Å². The molecular formula is C35H19Cl7F10N10O6. The standard InChI is InChI=1S/C17H8Cl2F5N5O3.C11H6ClF2N3O2.C6H3Cl2F3N2O.CH2Cl2/c1-29-13(12(19)14(28-29)16(20,21)22)15(30)27-11-5-25-8(4-26-11)6-2-9-10(3-7(6)18)32-17(23,24)31-9;12-6-2-9-8(18-11(13,14)19-9)1-5(6)7-3-17-10(15)4-16-7;1-13-3(5(8)14)2(7)4(12-13)6(9,10)11;2-1-3/h2-5H,1H3,(H,26,27,30);1-4H,(H2,15,17);1H3;1H2. The lowest BCUT2D eigenvalue weighted by Crippen LogP contribution is -2.25. The Balaban J connectivity index is 0.000000203. The van der Waals surface area contributed by atoms with E-state index in [1.807, 2.05) is 0 Å². The van der Waals surface area contributed by atoms with Crippen molar-refractivity contribution >= 4 is 104 Å². The zero-order valence-electron chi connectivity index (χ0n) is 32.9. The average molecular weight is 1110 g/mol. The van der Waals surface area contributed by atoms with Crippen molar-refractivity contribution < 1.29 is 72.4 Å². The van der Waals surface area contributed by atoms with Crippen molar-refractivity contribution in [3.63, 3.8) is 0 Å². The zero-order valence-corrected chi connectivity index (χ0v) is 38.1. The molecule has 16 nitrogen and oxygen atoms in total. The second kappa shape index (κ2) is 20.6. The number of aromatic nitrogens is 8. The van der Waals surface area contributed by atoms with Gasteiger partial charge in [-0.05, 0) is 23.7 Å². The molecular weight excluding hydrogens is 1090 g/mol. The highest BCUT2D eigenvalue weighted by molar-refractivity contribution is 6.68. The molecule has 0 bridgehead atoms. The number of hydrogen-bond acceptors (Lipinski definition) is 13. The summed E-state index contributed by atoms with van der Waals surface area (Å²) in [7, 11) is 2.27. The number of fused-ring (bicyclic) bond motifs is 2. The van der Waals surface area contributed by atoms with Gasteiger partial charge < -0.3 is 30.0 Å². The number of benzene rings is 2. The lowest BCUT2D eigenvalue weighted by atomic mass is 10.1. The van der Waals surface area contributed by atoms with E-state index in [1.54, 1.807) is 0 Å². The van der Waals surface area contributed by atoms with E-state index < -0.39 is 68.9 Å². The maximum Gasteiger partial charge on any atom is 0.586 e. The average Bonchev–Trinajstić information content (AvgIpc) is 3.91. The van der Waals surface area contributed by atoms with Crippen LogP contribution in [-0.4, -0.2) is 68.6 Å². The van der Waals surface area contributed by atoms with E-state index in [2.05, 4.69) is 54.4 Å². The van der Waals surface area contributed by atoms with Gasteiger partial charge in [-0.15, -0.1) is 40.8 Å². The molecule has 0 atom stereocenters. The first-order valence-corrected chi connectivity index (χ1v) is 20.2. The fourth-order valence-corrected chi connectivity index (χ4v) is 6.81. The van der Waals surface area contributed by atoms with E-state index in [0.29, 0.717) is 20.6 Å². The third-order valence-corrected chi connectivity index (χ3v) is 9.54. The molecule has 4 aromatic heterocycles. The van der Waals surface area contributed by atoms with Crippen molar-refractivity contribution in [2.75, 3.05) is 16.4 Å². The summed E-state index contributed by atoms with van der Waals surface area (Å²) in [5, 5.41) is 6.19. The van der Waals surface area contributed by atoms with E-state index in [4.69, 9.17) is 86.9 Å². The molecule has 0 spiro atoms. The van der Waals surface area contributed by atoms with Gasteiger partial charge >= 0.3 is 24.9 Å². The summed E-state index contributed by atoms with van der Waals surface area (Å²) < 4.78 is 146. The second-order valence-corrected chi connectivity index (χ2v) is 15.3. The molecule has 0 radical (unpaired) electrons. The number of hydrogen-bond donors (Lipinski definition) is 2. The van der Waals surface area contributed by atoms with Gasteiger partial charge in [-0.2, -0.15) is 36.5 Å². The lowest BCUT2D eigenvalue weighted by Gasteiger charge is -2.08. The minimum atomic E-state index is -4.84. The first-order chi connectivity index (χ1) is 31.5. The zero-order chi connectivity index (χ0) is 50.8. The van der Waals surface area contributed by atoms with E-state index in [0.717, 1.165) is 32.6 Å². The van der Waals surface area contributed by atoms with Gasteiger partial charge in [0.2, 0.25) is 0 Å². The minimum absolute atomic E-state index is 0.0116. The third kappa shape index (κ3) is 12.6. The topological polar surface area (TPSA) is 196 Å². The highest BCUT2D eigenvalue weighted by Crippen LogP contribution is 2.47. The number of nitrogens with zero attached hydrogens (tertiary/aromatic N) is 8. The SMILES string of the molecule is ClCCl.Cn1nc(C(F)(F)F)c(Cl)c1C(=O)Cl.Cn1nc(C(F)(F)F)c(Cl)c1C(=O)Nc1cnc(-c2cc3c(cc2Cl)OC(F)(F)O3)cn1.Nc1cnc(-c2cc3c(cc2Cl)OC(F)(F)O3)cn1. The number of carbonyl (C=O) groups is 2. The number of nitrogen functional groups attached to an aromatic ring is 1. The third-order valence-electron chi connectivity index (χ3n) is 8.02. The fourth-order valence-electron chi connectivity index (χ4n) is 5.34. The molecule has 0 saturated heterocycles. The molecule has 6 heterocycles. The Morgan fingerprint density at radius 1 is 0.647 bits per heavy atom. The smallest absolute Gasteiger partial charge is 0.395 e. The summed E-state index contributed by atoms with van der Waals surface area (Å²) >= 11 is 37.6. The van der Waals surface area contributed by atoms with Gasteiger partial charge in [-0.25, -0.2) is 9.97 Å². The highest BCUT2D eigenvalue weighted by atomic mass is 35.5. The Bertz CT molecular complexity index is 2860. The van der Waals surface area contributed by atoms with Crippen molar-refractivity contribution in [1.82, 2.24) is 39.5 Å². The molecule has 0 aliphatic carbocycles. The van der Waals surface area contributed by atoms with Crippen LogP contribution in [0.25, 0.3) is 22.5 Å². The van der Waals surface area contributed by atoms with Gasteiger partial charge in [0.25, 0.3) is 11.1 Å². The number of ether oxygens (including phenoxy) is 4. The van der Waals surface area contributed by atoms with Crippen LogP contribution in [-0.2, 0) is 26.4 Å². The summed E-state index contributed by atoms with van der Waals surface area (Å²) in [5.41, 5.74) is 2.79. The number of aryl methyl sites for hydroxylation is 2. The number of nitrogens with two attached hydrogens (primary N) is 1. The largest absolute Gasteiger partial charge is 0.586 e. The number of rotatable bonds is 5. The number of carbonyl (C=O) groups excluding carboxylic acids is 2. The molecule has 8 rings (SSSR count). The molecule has 3 N–H and O–H groups in total. The van der Waals surface area contributed by atoms with Crippen molar-refractivity contribution in [2.24, 2.45) is 14.1 Å². The summed E-state index contributed by atoms with van der Waals surface area (Å²) in [6.07, 6.45) is -12.1. The van der Waals surface area contributed by atoms with Crippen molar-refractivity contribution in [1.29, 1.82) is 0 Å². The first kappa shape index (κ1) is 53.4. The Labute approximate surface area is 407 Å².